The van der Waals surface area contributed by atoms with Gasteiger partial charge in [-0.2, -0.15) is 0 Å². The van der Waals surface area contributed by atoms with Crippen LogP contribution >= 0.6 is 0 Å². The summed E-state index contributed by atoms with van der Waals surface area (Å²) >= 11 is 0. The highest BCUT2D eigenvalue weighted by Gasteiger charge is 2.20. The van der Waals surface area contributed by atoms with E-state index in [-0.39, 0.29) is 5.75 Å². The lowest BCUT2D eigenvalue weighted by atomic mass is 10.1. The molecule has 0 aliphatic carbocycles. The molecule has 2 aromatic heterocycles. The Hall–Kier alpha value is -2.93. The highest BCUT2D eigenvalue weighted by Crippen LogP contribution is 2.43. The monoisotopic (exact) mass is 315 g/mol. The highest BCUT2D eigenvalue weighted by molar-refractivity contribution is 5.82. The van der Waals surface area contributed by atoms with Crippen LogP contribution in [-0.4, -0.2) is 45.0 Å². The minimum absolute atomic E-state index is 0.323. The summed E-state index contributed by atoms with van der Waals surface area (Å²) in [4.78, 5) is 4.50. The Morgan fingerprint density at radius 2 is 1.96 bits per heavy atom. The van der Waals surface area contributed by atoms with Crippen LogP contribution in [0, 0.1) is 0 Å². The third kappa shape index (κ3) is 2.62. The van der Waals surface area contributed by atoms with Gasteiger partial charge in [0.25, 0.3) is 0 Å². The number of methoxy groups -OCH3 is 1. The van der Waals surface area contributed by atoms with Crippen molar-refractivity contribution in [2.75, 3.05) is 25.6 Å². The van der Waals surface area contributed by atoms with Gasteiger partial charge in [0.15, 0.2) is 11.5 Å². The fourth-order valence-electron chi connectivity index (χ4n) is 2.38. The van der Waals surface area contributed by atoms with E-state index in [1.165, 1.54) is 12.1 Å². The Balaban J connectivity index is 2.16. The molecule has 7 nitrogen and oxygen atoms in total. The molecule has 4 N–H and O–H groups in total. The molecular formula is C16H17N3O4. The van der Waals surface area contributed by atoms with E-state index < -0.39 is 11.5 Å². The maximum Gasteiger partial charge on any atom is 0.200 e. The molecule has 0 fully saturated rings. The second-order valence-electron chi connectivity index (χ2n) is 4.99. The third-order valence-electron chi connectivity index (χ3n) is 3.51. The van der Waals surface area contributed by atoms with E-state index in [1.54, 1.807) is 7.11 Å². The van der Waals surface area contributed by atoms with E-state index in [0.717, 1.165) is 0 Å². The number of pyridine rings is 1. The van der Waals surface area contributed by atoms with E-state index >= 15 is 0 Å². The molecule has 0 radical (unpaired) electrons. The first-order chi connectivity index (χ1) is 11.1. The van der Waals surface area contributed by atoms with Gasteiger partial charge in [0.05, 0.1) is 6.61 Å². The third-order valence-corrected chi connectivity index (χ3v) is 3.51. The lowest BCUT2D eigenvalue weighted by molar-refractivity contribution is 0.210. The molecule has 2 heterocycles. The zero-order chi connectivity index (χ0) is 16.4. The van der Waals surface area contributed by atoms with Crippen LogP contribution in [0.4, 0.5) is 5.82 Å². The molecule has 0 aliphatic rings. The van der Waals surface area contributed by atoms with Gasteiger partial charge in [0.2, 0.25) is 5.75 Å². The topological polar surface area (TPSA) is 99.2 Å². The lowest BCUT2D eigenvalue weighted by Gasteiger charge is -2.10. The summed E-state index contributed by atoms with van der Waals surface area (Å²) in [6.07, 6.45) is 1.85. The lowest BCUT2D eigenvalue weighted by Crippen LogP contribution is -2.10. The van der Waals surface area contributed by atoms with E-state index in [0.29, 0.717) is 35.9 Å². The number of benzene rings is 1. The van der Waals surface area contributed by atoms with E-state index in [9.17, 15) is 15.3 Å². The predicted octanol–water partition coefficient (Wildman–Crippen LogP) is 2.18. The van der Waals surface area contributed by atoms with E-state index in [2.05, 4.69) is 10.3 Å². The van der Waals surface area contributed by atoms with Crippen molar-refractivity contribution in [1.82, 2.24) is 9.38 Å². The largest absolute Gasteiger partial charge is 0.504 e. The summed E-state index contributed by atoms with van der Waals surface area (Å²) in [6.45, 7) is 1.06. The molecular weight excluding hydrogens is 298 g/mol. The molecule has 3 rings (SSSR count). The summed E-state index contributed by atoms with van der Waals surface area (Å²) in [5.74, 6) is -0.701. The van der Waals surface area contributed by atoms with Gasteiger partial charge in [-0.05, 0) is 24.3 Å². The maximum absolute atomic E-state index is 10.1. The molecule has 0 aliphatic heterocycles. The molecule has 0 saturated heterocycles. The van der Waals surface area contributed by atoms with Gasteiger partial charge in [0.1, 0.15) is 17.2 Å². The zero-order valence-electron chi connectivity index (χ0n) is 12.5. The van der Waals surface area contributed by atoms with Crippen molar-refractivity contribution in [3.8, 4) is 28.5 Å². The SMILES string of the molecule is COCCNc1c(-c2ccc(O)c(O)c2O)nc2ccccn12. The number of hydrogen-bond donors (Lipinski definition) is 4. The van der Waals surface area contributed by atoms with Crippen LogP contribution in [0.3, 0.4) is 0 Å². The van der Waals surface area contributed by atoms with Crippen molar-refractivity contribution in [3.05, 3.63) is 36.5 Å². The number of imidazole rings is 1. The van der Waals surface area contributed by atoms with Gasteiger partial charge in [-0.3, -0.25) is 4.40 Å². The molecule has 0 unspecified atom stereocenters. The molecule has 0 atom stereocenters. The van der Waals surface area contributed by atoms with Crippen molar-refractivity contribution >= 4 is 11.5 Å². The Morgan fingerprint density at radius 3 is 2.74 bits per heavy atom. The van der Waals surface area contributed by atoms with Crippen molar-refractivity contribution in [3.63, 3.8) is 0 Å². The van der Waals surface area contributed by atoms with Crippen LogP contribution in [0.15, 0.2) is 36.5 Å². The number of anilines is 1. The van der Waals surface area contributed by atoms with Crippen molar-refractivity contribution in [2.45, 2.75) is 0 Å². The normalized spacial score (nSPS) is 11.0. The standard InChI is InChI=1S/C16H17N3O4/c1-23-9-7-17-16-13(18-12-4-2-3-8-19(12)16)10-5-6-11(20)15(22)14(10)21/h2-6,8,17,20-22H,7,9H2,1H3. The molecule has 1 aromatic carbocycles. The molecule has 0 amide bonds. The predicted molar refractivity (Wildman–Crippen MR) is 86.0 cm³/mol. The summed E-state index contributed by atoms with van der Waals surface area (Å²) in [5, 5.41) is 32.6. The van der Waals surface area contributed by atoms with Crippen LogP contribution in [-0.2, 0) is 4.74 Å². The maximum atomic E-state index is 10.1. The number of aromatic nitrogens is 2. The number of hydrogen-bond acceptors (Lipinski definition) is 6. The molecule has 0 spiro atoms. The number of nitrogens with zero attached hydrogens (tertiary/aromatic N) is 2. The molecule has 120 valence electrons. The first-order valence-corrected chi connectivity index (χ1v) is 7.07. The average molecular weight is 315 g/mol. The number of fused-ring (bicyclic) bond motifs is 1. The van der Waals surface area contributed by atoms with Crippen LogP contribution in [0.5, 0.6) is 17.2 Å². The van der Waals surface area contributed by atoms with Crippen molar-refractivity contribution in [2.24, 2.45) is 0 Å². The summed E-state index contributed by atoms with van der Waals surface area (Å²) in [6, 6.07) is 8.39. The van der Waals surface area contributed by atoms with Gasteiger partial charge < -0.3 is 25.4 Å². The van der Waals surface area contributed by atoms with Gasteiger partial charge >= 0.3 is 0 Å². The van der Waals surface area contributed by atoms with E-state index in [4.69, 9.17) is 4.74 Å². The fourth-order valence-corrected chi connectivity index (χ4v) is 2.38. The molecule has 3 aromatic rings. The van der Waals surface area contributed by atoms with Crippen LogP contribution in [0.2, 0.25) is 0 Å². The average Bonchev–Trinajstić information content (AvgIpc) is 2.92. The summed E-state index contributed by atoms with van der Waals surface area (Å²) < 4.78 is 6.88. The summed E-state index contributed by atoms with van der Waals surface area (Å²) in [7, 11) is 1.61. The van der Waals surface area contributed by atoms with Gasteiger partial charge in [-0.15, -0.1) is 0 Å². The number of rotatable bonds is 5. The Labute approximate surface area is 132 Å². The number of phenols is 3. The highest BCUT2D eigenvalue weighted by atomic mass is 16.5. The number of nitrogens with one attached hydrogen (secondary N) is 1. The Bertz CT molecular complexity index is 845. The van der Waals surface area contributed by atoms with Crippen LogP contribution < -0.4 is 5.32 Å². The number of aromatic hydroxyl groups is 3. The van der Waals surface area contributed by atoms with Gasteiger partial charge in [-0.1, -0.05) is 6.07 Å². The Kier molecular flexibility index (Phi) is 3.94. The first kappa shape index (κ1) is 15.0. The number of ether oxygens (including phenoxy) is 1. The minimum atomic E-state index is -0.567. The van der Waals surface area contributed by atoms with E-state index in [1.807, 2.05) is 28.8 Å². The van der Waals surface area contributed by atoms with Crippen LogP contribution in [0.1, 0.15) is 0 Å². The zero-order valence-corrected chi connectivity index (χ0v) is 12.5. The van der Waals surface area contributed by atoms with Crippen LogP contribution in [0.25, 0.3) is 16.9 Å². The summed E-state index contributed by atoms with van der Waals surface area (Å²) in [5.41, 5.74) is 1.48. The minimum Gasteiger partial charge on any atom is -0.504 e. The quantitative estimate of drug-likeness (QED) is 0.425. The smallest absolute Gasteiger partial charge is 0.200 e. The molecule has 23 heavy (non-hydrogen) atoms. The molecule has 0 saturated carbocycles. The first-order valence-electron chi connectivity index (χ1n) is 7.07. The molecule has 7 heteroatoms. The fraction of sp³-hybridized carbons (Fsp3) is 0.188. The van der Waals surface area contributed by atoms with Crippen molar-refractivity contribution < 1.29 is 20.1 Å². The second-order valence-corrected chi connectivity index (χ2v) is 4.99. The van der Waals surface area contributed by atoms with Gasteiger partial charge in [0, 0.05) is 25.4 Å². The van der Waals surface area contributed by atoms with Crippen molar-refractivity contribution in [1.29, 1.82) is 0 Å². The number of phenolic OH excluding ortho intramolecular Hbond substituents is 3. The Morgan fingerprint density at radius 1 is 1.13 bits per heavy atom. The second kappa shape index (κ2) is 6.05. The van der Waals surface area contributed by atoms with Gasteiger partial charge in [-0.25, -0.2) is 4.98 Å². The molecule has 0 bridgehead atoms.